The average Bonchev–Trinajstić information content (AvgIpc) is 2.93. The summed E-state index contributed by atoms with van der Waals surface area (Å²) in [5.41, 5.74) is 2.12. The Morgan fingerprint density at radius 3 is 2.73 bits per heavy atom. The molecule has 0 aromatic heterocycles. The third kappa shape index (κ3) is 5.21. The molecule has 6 nitrogen and oxygen atoms in total. The van der Waals surface area contributed by atoms with Crippen molar-refractivity contribution in [1.82, 2.24) is 15.5 Å². The topological polar surface area (TPSA) is 68.8 Å². The summed E-state index contributed by atoms with van der Waals surface area (Å²) in [5, 5.41) is 9.75. The van der Waals surface area contributed by atoms with Crippen molar-refractivity contribution in [3.8, 4) is 0 Å². The van der Waals surface area contributed by atoms with Crippen molar-refractivity contribution in [2.24, 2.45) is 4.99 Å². The van der Waals surface area contributed by atoms with E-state index in [1.807, 2.05) is 18.2 Å². The first-order chi connectivity index (χ1) is 12.8. The Kier molecular flexibility index (Phi) is 6.89. The van der Waals surface area contributed by atoms with Gasteiger partial charge in [-0.05, 0) is 37.6 Å². The lowest BCUT2D eigenvalue weighted by Crippen LogP contribution is -2.43. The zero-order valence-electron chi connectivity index (χ0n) is 15.8. The highest BCUT2D eigenvalue weighted by atomic mass is 16.1. The predicted molar refractivity (Wildman–Crippen MR) is 107 cm³/mol. The Bertz CT molecular complexity index is 622. The molecule has 0 bridgehead atoms. The summed E-state index contributed by atoms with van der Waals surface area (Å²) >= 11 is 0. The summed E-state index contributed by atoms with van der Waals surface area (Å²) in [6, 6.07) is 8.04. The number of fused-ring (bicyclic) bond motifs is 1. The molecule has 2 aliphatic heterocycles. The lowest BCUT2D eigenvalue weighted by Gasteiger charge is -2.26. The highest BCUT2D eigenvalue weighted by Crippen LogP contribution is 2.31. The molecule has 3 N–H and O–H groups in total. The first-order valence-corrected chi connectivity index (χ1v) is 9.82. The fourth-order valence-corrected chi connectivity index (χ4v) is 3.82. The lowest BCUT2D eigenvalue weighted by atomic mass is 9.90. The van der Waals surface area contributed by atoms with Crippen LogP contribution in [0.25, 0.3) is 0 Å². The van der Waals surface area contributed by atoms with Crippen molar-refractivity contribution in [2.45, 2.75) is 38.0 Å². The van der Waals surface area contributed by atoms with Crippen LogP contribution >= 0.6 is 0 Å². The first-order valence-electron chi connectivity index (χ1n) is 9.82. The summed E-state index contributed by atoms with van der Waals surface area (Å²) in [6.07, 6.45) is 5.87. The molecule has 142 valence electrons. The second-order valence-corrected chi connectivity index (χ2v) is 7.17. The molecule has 3 rings (SSSR count). The van der Waals surface area contributed by atoms with Crippen LogP contribution in [0.4, 0.5) is 5.69 Å². The number of nitrogens with one attached hydrogen (secondary N) is 3. The van der Waals surface area contributed by atoms with Crippen LogP contribution in [-0.4, -0.2) is 56.5 Å². The number of hydrogen-bond donors (Lipinski definition) is 3. The van der Waals surface area contributed by atoms with Crippen LogP contribution in [-0.2, 0) is 4.79 Å². The van der Waals surface area contributed by atoms with Gasteiger partial charge < -0.3 is 20.9 Å². The monoisotopic (exact) mass is 357 g/mol. The van der Waals surface area contributed by atoms with E-state index in [0.717, 1.165) is 24.7 Å². The summed E-state index contributed by atoms with van der Waals surface area (Å²) < 4.78 is 0. The van der Waals surface area contributed by atoms with Gasteiger partial charge in [0.1, 0.15) is 0 Å². The smallest absolute Gasteiger partial charge is 0.225 e. The van der Waals surface area contributed by atoms with Gasteiger partial charge in [-0.3, -0.25) is 9.79 Å². The molecule has 0 saturated carbocycles. The highest BCUT2D eigenvalue weighted by molar-refractivity contribution is 5.94. The molecule has 1 amide bonds. The van der Waals surface area contributed by atoms with E-state index >= 15 is 0 Å². The highest BCUT2D eigenvalue weighted by Gasteiger charge is 2.24. The molecule has 1 unspecified atom stereocenters. The Hall–Kier alpha value is -2.08. The van der Waals surface area contributed by atoms with E-state index in [1.54, 1.807) is 7.05 Å². The van der Waals surface area contributed by atoms with E-state index in [9.17, 15) is 4.79 Å². The van der Waals surface area contributed by atoms with Crippen molar-refractivity contribution >= 4 is 17.6 Å². The van der Waals surface area contributed by atoms with Crippen LogP contribution in [0.1, 0.15) is 43.6 Å². The number of nitrogens with zero attached hydrogens (tertiary/aromatic N) is 2. The van der Waals surface area contributed by atoms with Crippen molar-refractivity contribution in [3.63, 3.8) is 0 Å². The largest absolute Gasteiger partial charge is 0.356 e. The van der Waals surface area contributed by atoms with Gasteiger partial charge in [-0.25, -0.2) is 0 Å². The van der Waals surface area contributed by atoms with Crippen molar-refractivity contribution in [2.75, 3.05) is 45.1 Å². The Morgan fingerprint density at radius 1 is 1.19 bits per heavy atom. The maximum absolute atomic E-state index is 11.9. The van der Waals surface area contributed by atoms with Gasteiger partial charge >= 0.3 is 0 Å². The summed E-state index contributed by atoms with van der Waals surface area (Å²) in [7, 11) is 1.79. The van der Waals surface area contributed by atoms with Gasteiger partial charge in [0.2, 0.25) is 5.91 Å². The molecular formula is C20H31N5O. The van der Waals surface area contributed by atoms with E-state index in [1.165, 1.54) is 44.3 Å². The van der Waals surface area contributed by atoms with Crippen LogP contribution in [0.15, 0.2) is 29.3 Å². The summed E-state index contributed by atoms with van der Waals surface area (Å²) in [6.45, 7) is 5.06. The fourth-order valence-electron chi connectivity index (χ4n) is 3.82. The number of amides is 1. The number of hydrogen-bond acceptors (Lipinski definition) is 3. The van der Waals surface area contributed by atoms with Crippen LogP contribution in [0.5, 0.6) is 0 Å². The van der Waals surface area contributed by atoms with Crippen LogP contribution in [0.3, 0.4) is 0 Å². The van der Waals surface area contributed by atoms with Gasteiger partial charge in [0.15, 0.2) is 5.96 Å². The summed E-state index contributed by atoms with van der Waals surface area (Å²) in [5.74, 6) is 1.06. The molecule has 1 saturated heterocycles. The molecule has 1 atom stereocenters. The number of rotatable bonds is 5. The standard InChI is InChI=1S/C20H31N5O/c1-21-20(22-10-13-25-11-6-2-3-7-12-25)23-15-16-14-19(26)24-18-9-5-4-8-17(16)18/h4-5,8-9,16H,2-3,6-7,10-15H2,1H3,(H,24,26)(H2,21,22,23). The van der Waals surface area contributed by atoms with Crippen LogP contribution in [0.2, 0.25) is 0 Å². The minimum Gasteiger partial charge on any atom is -0.356 e. The number of likely N-dealkylation sites (tertiary alicyclic amines) is 1. The van der Waals surface area contributed by atoms with E-state index in [4.69, 9.17) is 0 Å². The SMILES string of the molecule is CN=C(NCCN1CCCCCC1)NCC1CC(=O)Nc2ccccc21. The van der Waals surface area contributed by atoms with Gasteiger partial charge in [0.05, 0.1) is 0 Å². The van der Waals surface area contributed by atoms with Crippen molar-refractivity contribution < 1.29 is 4.79 Å². The van der Waals surface area contributed by atoms with E-state index in [-0.39, 0.29) is 11.8 Å². The third-order valence-electron chi connectivity index (χ3n) is 5.27. The second kappa shape index (κ2) is 9.57. The van der Waals surface area contributed by atoms with Crippen LogP contribution < -0.4 is 16.0 Å². The minimum absolute atomic E-state index is 0.0830. The molecule has 26 heavy (non-hydrogen) atoms. The Labute approximate surface area is 156 Å². The van der Waals surface area contributed by atoms with E-state index in [2.05, 4.69) is 31.9 Å². The second-order valence-electron chi connectivity index (χ2n) is 7.17. The number of anilines is 1. The molecule has 1 fully saturated rings. The molecule has 1 aromatic rings. The zero-order chi connectivity index (χ0) is 18.2. The number of para-hydroxylation sites is 1. The van der Waals surface area contributed by atoms with Crippen molar-refractivity contribution in [1.29, 1.82) is 0 Å². The fraction of sp³-hybridized carbons (Fsp3) is 0.600. The molecule has 2 aliphatic rings. The molecular weight excluding hydrogens is 326 g/mol. The minimum atomic E-state index is 0.0830. The molecule has 6 heteroatoms. The quantitative estimate of drug-likeness (QED) is 0.558. The van der Waals surface area contributed by atoms with Crippen LogP contribution in [0, 0.1) is 0 Å². The number of carbonyl (C=O) groups is 1. The number of benzene rings is 1. The van der Waals surface area contributed by atoms with Gasteiger partial charge in [0.25, 0.3) is 0 Å². The summed E-state index contributed by atoms with van der Waals surface area (Å²) in [4.78, 5) is 18.8. The Balaban J connectivity index is 1.46. The zero-order valence-corrected chi connectivity index (χ0v) is 15.8. The molecule has 0 radical (unpaired) electrons. The lowest BCUT2D eigenvalue weighted by molar-refractivity contribution is -0.116. The average molecular weight is 358 g/mol. The van der Waals surface area contributed by atoms with Crippen molar-refractivity contribution in [3.05, 3.63) is 29.8 Å². The first kappa shape index (κ1) is 18.7. The maximum Gasteiger partial charge on any atom is 0.225 e. The molecule has 0 spiro atoms. The number of carbonyl (C=O) groups excluding carboxylic acids is 1. The van der Waals surface area contributed by atoms with Gasteiger partial charge in [-0.2, -0.15) is 0 Å². The molecule has 0 aliphatic carbocycles. The van der Waals surface area contributed by atoms with Gasteiger partial charge in [-0.15, -0.1) is 0 Å². The van der Waals surface area contributed by atoms with Gasteiger partial charge in [-0.1, -0.05) is 31.0 Å². The molecule has 2 heterocycles. The van der Waals surface area contributed by atoms with Gasteiger partial charge in [0, 0.05) is 44.7 Å². The number of aliphatic imine (C=N–C) groups is 1. The van der Waals surface area contributed by atoms with E-state index in [0.29, 0.717) is 13.0 Å². The number of guanidine groups is 1. The third-order valence-corrected chi connectivity index (χ3v) is 5.27. The maximum atomic E-state index is 11.9. The predicted octanol–water partition coefficient (Wildman–Crippen LogP) is 2.15. The normalized spacial score (nSPS) is 21.5. The van der Waals surface area contributed by atoms with E-state index < -0.39 is 0 Å². The molecule has 1 aromatic carbocycles. The Morgan fingerprint density at radius 2 is 1.96 bits per heavy atom.